The zero-order chi connectivity index (χ0) is 8.27. The number of hydrogen-bond acceptors (Lipinski definition) is 3. The molecule has 0 heterocycles. The quantitative estimate of drug-likeness (QED) is 0.334. The Morgan fingerprint density at radius 1 is 1.45 bits per heavy atom. The summed E-state index contributed by atoms with van der Waals surface area (Å²) in [6, 6.07) is 0. The van der Waals surface area contributed by atoms with E-state index in [0.29, 0.717) is 3.92 Å². The maximum atomic E-state index is 9.99. The maximum absolute atomic E-state index is 9.99. The van der Waals surface area contributed by atoms with Crippen molar-refractivity contribution < 1.29 is 9.92 Å². The molecule has 1 fully saturated rings. The Morgan fingerprint density at radius 2 is 2.09 bits per heavy atom. The van der Waals surface area contributed by atoms with Crippen molar-refractivity contribution >= 4 is 22.6 Å². The van der Waals surface area contributed by atoms with Gasteiger partial charge in [-0.3, -0.25) is 0 Å². The van der Waals surface area contributed by atoms with Gasteiger partial charge in [-0.25, -0.2) is 0 Å². The van der Waals surface area contributed by atoms with Crippen molar-refractivity contribution in [2.45, 2.75) is 35.7 Å². The third kappa shape index (κ3) is 2.80. The molecular formula is C6H10INO3. The molecule has 1 aliphatic carbocycles. The van der Waals surface area contributed by atoms with E-state index in [-0.39, 0.29) is 6.10 Å². The Morgan fingerprint density at radius 3 is 2.64 bits per heavy atom. The van der Waals surface area contributed by atoms with Crippen LogP contribution in [0.5, 0.6) is 0 Å². The van der Waals surface area contributed by atoms with Crippen molar-refractivity contribution in [3.05, 3.63) is 10.1 Å². The van der Waals surface area contributed by atoms with Crippen molar-refractivity contribution in [1.29, 1.82) is 0 Å². The van der Waals surface area contributed by atoms with Crippen molar-refractivity contribution in [3.8, 4) is 0 Å². The number of rotatable bonds is 2. The van der Waals surface area contributed by atoms with Crippen LogP contribution in [-0.4, -0.2) is 15.1 Å². The molecule has 1 rings (SSSR count). The van der Waals surface area contributed by atoms with E-state index in [1.54, 1.807) is 0 Å². The summed E-state index contributed by atoms with van der Waals surface area (Å²) in [4.78, 5) is 14.5. The predicted molar refractivity (Wildman–Crippen MR) is 48.1 cm³/mol. The minimum Gasteiger partial charge on any atom is -0.309 e. The average molecular weight is 271 g/mol. The van der Waals surface area contributed by atoms with Gasteiger partial charge < -0.3 is 4.84 Å². The van der Waals surface area contributed by atoms with Crippen LogP contribution < -0.4 is 0 Å². The van der Waals surface area contributed by atoms with Crippen LogP contribution in [0.3, 0.4) is 0 Å². The summed E-state index contributed by atoms with van der Waals surface area (Å²) < 4.78 is 0.312. The number of hydrogen-bond donors (Lipinski definition) is 0. The van der Waals surface area contributed by atoms with E-state index in [1.807, 2.05) is 0 Å². The van der Waals surface area contributed by atoms with E-state index in [0.717, 1.165) is 19.3 Å². The lowest BCUT2D eigenvalue weighted by atomic mass is 9.98. The molecule has 0 radical (unpaired) electrons. The van der Waals surface area contributed by atoms with E-state index in [2.05, 4.69) is 27.4 Å². The molecule has 0 spiro atoms. The second-order valence-electron chi connectivity index (χ2n) is 2.67. The van der Waals surface area contributed by atoms with Crippen molar-refractivity contribution in [2.24, 2.45) is 0 Å². The van der Waals surface area contributed by atoms with Crippen LogP contribution in [0.15, 0.2) is 0 Å². The molecule has 0 aromatic carbocycles. The molecule has 4 nitrogen and oxygen atoms in total. The van der Waals surface area contributed by atoms with Gasteiger partial charge >= 0.3 is 0 Å². The summed E-state index contributed by atoms with van der Waals surface area (Å²) in [6.45, 7) is 0. The molecular weight excluding hydrogens is 261 g/mol. The lowest BCUT2D eigenvalue weighted by molar-refractivity contribution is -0.768. The van der Waals surface area contributed by atoms with Crippen molar-refractivity contribution in [3.63, 3.8) is 0 Å². The molecule has 1 saturated carbocycles. The fraction of sp³-hybridized carbons (Fsp3) is 1.00. The zero-order valence-electron chi connectivity index (χ0n) is 6.03. The summed E-state index contributed by atoms with van der Waals surface area (Å²) in [7, 11) is 0. The molecule has 5 heteroatoms. The van der Waals surface area contributed by atoms with Crippen LogP contribution in [0.4, 0.5) is 0 Å². The number of nitrogens with zero attached hydrogens (tertiary/aromatic N) is 1. The molecule has 0 amide bonds. The first-order chi connectivity index (χ1) is 5.20. The van der Waals surface area contributed by atoms with Crippen LogP contribution >= 0.6 is 22.6 Å². The van der Waals surface area contributed by atoms with Gasteiger partial charge in [0.1, 0.15) is 6.10 Å². The van der Waals surface area contributed by atoms with E-state index < -0.39 is 5.09 Å². The van der Waals surface area contributed by atoms with Gasteiger partial charge in [-0.15, -0.1) is 10.1 Å². The second kappa shape index (κ2) is 4.08. The summed E-state index contributed by atoms with van der Waals surface area (Å²) >= 11 is 2.22. The molecule has 64 valence electrons. The minimum absolute atomic E-state index is 0.167. The van der Waals surface area contributed by atoms with Crippen molar-refractivity contribution in [1.82, 2.24) is 0 Å². The Hall–Kier alpha value is -0.0700. The standard InChI is InChI=1S/C6H10INO3/c7-5-3-1-2-4-6(5)11-8(9)10/h5-6H,1-4H2/t5-,6?/m0/s1. The van der Waals surface area contributed by atoms with E-state index >= 15 is 0 Å². The predicted octanol–water partition coefficient (Wildman–Crippen LogP) is 1.94. The Balaban J connectivity index is 2.35. The highest BCUT2D eigenvalue weighted by Crippen LogP contribution is 2.27. The monoisotopic (exact) mass is 271 g/mol. The molecule has 11 heavy (non-hydrogen) atoms. The van der Waals surface area contributed by atoms with Crippen molar-refractivity contribution in [2.75, 3.05) is 0 Å². The van der Waals surface area contributed by atoms with Crippen LogP contribution in [0.1, 0.15) is 25.7 Å². The first-order valence-corrected chi connectivity index (χ1v) is 4.90. The van der Waals surface area contributed by atoms with Gasteiger partial charge in [0, 0.05) is 3.92 Å². The van der Waals surface area contributed by atoms with E-state index in [4.69, 9.17) is 0 Å². The lowest BCUT2D eigenvalue weighted by Crippen LogP contribution is -2.29. The molecule has 2 atom stereocenters. The highest BCUT2D eigenvalue weighted by atomic mass is 127. The highest BCUT2D eigenvalue weighted by molar-refractivity contribution is 14.1. The molecule has 0 bridgehead atoms. The topological polar surface area (TPSA) is 52.4 Å². The fourth-order valence-corrected chi connectivity index (χ4v) is 2.21. The molecule has 0 saturated heterocycles. The van der Waals surface area contributed by atoms with Crippen LogP contribution in [-0.2, 0) is 4.84 Å². The van der Waals surface area contributed by atoms with Crippen LogP contribution in [0.25, 0.3) is 0 Å². The Kier molecular flexibility index (Phi) is 3.35. The summed E-state index contributed by atoms with van der Waals surface area (Å²) in [5, 5.41) is 9.31. The maximum Gasteiger partial charge on any atom is 0.294 e. The molecule has 0 aromatic heterocycles. The summed E-state index contributed by atoms with van der Waals surface area (Å²) in [5.41, 5.74) is 0. The van der Waals surface area contributed by atoms with E-state index in [9.17, 15) is 10.1 Å². The zero-order valence-corrected chi connectivity index (χ0v) is 8.19. The van der Waals surface area contributed by atoms with Gasteiger partial charge in [-0.1, -0.05) is 35.4 Å². The average Bonchev–Trinajstić information content (AvgIpc) is 1.93. The van der Waals surface area contributed by atoms with Crippen LogP contribution in [0.2, 0.25) is 0 Å². The van der Waals surface area contributed by atoms with Gasteiger partial charge in [-0.2, -0.15) is 0 Å². The highest BCUT2D eigenvalue weighted by Gasteiger charge is 2.25. The normalized spacial score (nSPS) is 31.4. The van der Waals surface area contributed by atoms with Crippen LogP contribution in [0, 0.1) is 10.1 Å². The number of alkyl halides is 1. The van der Waals surface area contributed by atoms with Gasteiger partial charge in [-0.05, 0) is 12.8 Å². The van der Waals surface area contributed by atoms with Gasteiger partial charge in [0.05, 0.1) is 0 Å². The second-order valence-corrected chi connectivity index (χ2v) is 4.27. The fourth-order valence-electron chi connectivity index (χ4n) is 1.28. The smallest absolute Gasteiger partial charge is 0.294 e. The SMILES string of the molecule is O=[N+]([O-])OC1CCCC[C@@H]1I. The molecule has 0 aromatic rings. The summed E-state index contributed by atoms with van der Waals surface area (Å²) in [6.07, 6.45) is 3.93. The third-order valence-corrected chi connectivity index (χ3v) is 3.27. The molecule has 0 N–H and O–H groups in total. The molecule has 0 aliphatic heterocycles. The lowest BCUT2D eigenvalue weighted by Gasteiger charge is -2.24. The molecule has 1 aliphatic rings. The molecule has 1 unspecified atom stereocenters. The van der Waals surface area contributed by atoms with Gasteiger partial charge in [0.25, 0.3) is 5.09 Å². The Labute approximate surface area is 78.5 Å². The van der Waals surface area contributed by atoms with E-state index in [1.165, 1.54) is 6.42 Å². The van der Waals surface area contributed by atoms with Gasteiger partial charge in [0.15, 0.2) is 0 Å². The number of halogens is 1. The third-order valence-electron chi connectivity index (χ3n) is 1.84. The minimum atomic E-state index is -0.679. The first kappa shape index (κ1) is 9.02. The largest absolute Gasteiger partial charge is 0.309 e. The summed E-state index contributed by atoms with van der Waals surface area (Å²) in [5.74, 6) is 0. The Bertz CT molecular complexity index is 153. The first-order valence-electron chi connectivity index (χ1n) is 3.65. The van der Waals surface area contributed by atoms with Gasteiger partial charge in [0.2, 0.25) is 0 Å².